The summed E-state index contributed by atoms with van der Waals surface area (Å²) in [5.41, 5.74) is 6.05. The smallest absolute Gasteiger partial charge is 0.256 e. The minimum Gasteiger partial charge on any atom is -0.497 e. The Hall–Kier alpha value is -3.60. The van der Waals surface area contributed by atoms with Gasteiger partial charge in [-0.2, -0.15) is 0 Å². The van der Waals surface area contributed by atoms with Gasteiger partial charge in [0.05, 0.1) is 18.1 Å². The van der Waals surface area contributed by atoms with Crippen LogP contribution in [0.1, 0.15) is 27.3 Å². The Morgan fingerprint density at radius 3 is 2.31 bits per heavy atom. The molecule has 5 heteroatoms. The summed E-state index contributed by atoms with van der Waals surface area (Å²) in [6.07, 6.45) is 0. The maximum absolute atomic E-state index is 12.9. The number of fused-ring (bicyclic) bond motifs is 1. The number of hydrogen-bond donors (Lipinski definition) is 1. The molecule has 146 valence electrons. The minimum absolute atomic E-state index is 0.138. The van der Waals surface area contributed by atoms with Crippen LogP contribution in [0.2, 0.25) is 0 Å². The average Bonchev–Trinajstić information content (AvgIpc) is 3.02. The van der Waals surface area contributed by atoms with Crippen LogP contribution in [0, 0.1) is 20.8 Å². The van der Waals surface area contributed by atoms with Crippen molar-refractivity contribution in [2.45, 2.75) is 20.8 Å². The number of benzene rings is 3. The summed E-state index contributed by atoms with van der Waals surface area (Å²) in [6.45, 7) is 5.81. The van der Waals surface area contributed by atoms with Gasteiger partial charge in [-0.05, 0) is 74.4 Å². The topological polar surface area (TPSA) is 56.1 Å². The quantitative estimate of drug-likeness (QED) is 0.524. The van der Waals surface area contributed by atoms with Crippen LogP contribution in [0.25, 0.3) is 16.7 Å². The van der Waals surface area contributed by atoms with Crippen molar-refractivity contribution < 1.29 is 9.53 Å². The molecule has 0 aliphatic carbocycles. The zero-order chi connectivity index (χ0) is 20.5. The van der Waals surface area contributed by atoms with Gasteiger partial charge in [-0.3, -0.25) is 9.36 Å². The van der Waals surface area contributed by atoms with Crippen LogP contribution < -0.4 is 10.1 Å². The van der Waals surface area contributed by atoms with Gasteiger partial charge in [0.15, 0.2) is 0 Å². The number of carbonyl (C=O) groups excluding carboxylic acids is 1. The zero-order valence-electron chi connectivity index (χ0n) is 17.0. The number of methoxy groups -OCH3 is 1. The largest absolute Gasteiger partial charge is 0.497 e. The molecule has 4 rings (SSSR count). The fourth-order valence-electron chi connectivity index (χ4n) is 3.77. The first kappa shape index (κ1) is 18.7. The van der Waals surface area contributed by atoms with E-state index in [9.17, 15) is 4.79 Å². The van der Waals surface area contributed by atoms with Crippen LogP contribution in [0.3, 0.4) is 0 Å². The highest BCUT2D eigenvalue weighted by Gasteiger charge is 2.15. The third-order valence-electron chi connectivity index (χ3n) is 5.06. The third kappa shape index (κ3) is 3.47. The van der Waals surface area contributed by atoms with E-state index in [0.29, 0.717) is 5.56 Å². The third-order valence-corrected chi connectivity index (χ3v) is 5.06. The van der Waals surface area contributed by atoms with Crippen molar-refractivity contribution in [3.8, 4) is 11.4 Å². The summed E-state index contributed by atoms with van der Waals surface area (Å²) in [5, 5.41) is 3.01. The predicted molar refractivity (Wildman–Crippen MR) is 116 cm³/mol. The van der Waals surface area contributed by atoms with Gasteiger partial charge in [0.1, 0.15) is 11.6 Å². The number of hydrogen-bond acceptors (Lipinski definition) is 3. The van der Waals surface area contributed by atoms with Crippen molar-refractivity contribution in [3.63, 3.8) is 0 Å². The van der Waals surface area contributed by atoms with Crippen LogP contribution in [-0.2, 0) is 0 Å². The monoisotopic (exact) mass is 385 g/mol. The molecular weight excluding hydrogens is 362 g/mol. The van der Waals surface area contributed by atoms with Crippen LogP contribution in [-0.4, -0.2) is 22.6 Å². The van der Waals surface area contributed by atoms with Crippen molar-refractivity contribution >= 4 is 22.6 Å². The summed E-state index contributed by atoms with van der Waals surface area (Å²) < 4.78 is 7.39. The lowest BCUT2D eigenvalue weighted by atomic mass is 10.0. The first-order chi connectivity index (χ1) is 14.0. The summed E-state index contributed by atoms with van der Waals surface area (Å²) in [4.78, 5) is 17.6. The van der Waals surface area contributed by atoms with Crippen molar-refractivity contribution in [1.29, 1.82) is 0 Å². The molecule has 3 aromatic carbocycles. The fraction of sp³-hybridized carbons (Fsp3) is 0.167. The highest BCUT2D eigenvalue weighted by Crippen LogP contribution is 2.26. The number of ether oxygens (including phenoxy) is 1. The van der Waals surface area contributed by atoms with Gasteiger partial charge in [0, 0.05) is 16.9 Å². The number of aromatic nitrogens is 2. The number of amides is 1. The van der Waals surface area contributed by atoms with Crippen molar-refractivity contribution in [1.82, 2.24) is 9.55 Å². The minimum atomic E-state index is -0.138. The maximum atomic E-state index is 12.9. The molecule has 0 aliphatic heterocycles. The Bertz CT molecular complexity index is 1190. The normalized spacial score (nSPS) is 10.9. The second-order valence-corrected chi connectivity index (χ2v) is 7.12. The molecule has 0 unspecified atom stereocenters. The highest BCUT2D eigenvalue weighted by molar-refractivity contribution is 6.07. The van der Waals surface area contributed by atoms with E-state index < -0.39 is 0 Å². The molecule has 4 aromatic rings. The fourth-order valence-corrected chi connectivity index (χ4v) is 3.77. The molecule has 5 nitrogen and oxygen atoms in total. The molecule has 0 radical (unpaired) electrons. The van der Waals surface area contributed by atoms with Crippen LogP contribution in [0.4, 0.5) is 5.69 Å². The molecule has 29 heavy (non-hydrogen) atoms. The standard InChI is InChI=1S/C24H23N3O2/c1-15-12-20(29-4)13-16(2)23(15)24(28)26-18-10-11-22-21(14-18)25-17(3)27(22)19-8-6-5-7-9-19/h5-14H,1-4H3,(H,26,28). The molecule has 0 aliphatic rings. The average molecular weight is 385 g/mol. The van der Waals surface area contributed by atoms with E-state index in [-0.39, 0.29) is 5.91 Å². The van der Waals surface area contributed by atoms with E-state index in [2.05, 4.69) is 27.0 Å². The number of imidazole rings is 1. The number of carbonyl (C=O) groups is 1. The lowest BCUT2D eigenvalue weighted by Crippen LogP contribution is -2.15. The van der Waals surface area contributed by atoms with Gasteiger partial charge >= 0.3 is 0 Å². The number of aryl methyl sites for hydroxylation is 3. The molecule has 0 spiro atoms. The number of nitrogens with one attached hydrogen (secondary N) is 1. The number of rotatable bonds is 4. The summed E-state index contributed by atoms with van der Waals surface area (Å²) in [6, 6.07) is 19.7. The molecule has 1 aromatic heterocycles. The van der Waals surface area contributed by atoms with E-state index in [4.69, 9.17) is 4.74 Å². The van der Waals surface area contributed by atoms with E-state index in [0.717, 1.165) is 45.1 Å². The highest BCUT2D eigenvalue weighted by atomic mass is 16.5. The molecular formula is C24H23N3O2. The van der Waals surface area contributed by atoms with Gasteiger partial charge in [-0.25, -0.2) is 4.98 Å². The van der Waals surface area contributed by atoms with Crippen molar-refractivity contribution in [2.75, 3.05) is 12.4 Å². The van der Waals surface area contributed by atoms with Crippen molar-refractivity contribution in [3.05, 3.63) is 83.2 Å². The van der Waals surface area contributed by atoms with Crippen LogP contribution in [0.15, 0.2) is 60.7 Å². The predicted octanol–water partition coefficient (Wildman–Crippen LogP) is 5.21. The first-order valence-electron chi connectivity index (χ1n) is 9.49. The maximum Gasteiger partial charge on any atom is 0.256 e. The molecule has 1 heterocycles. The van der Waals surface area contributed by atoms with Crippen LogP contribution >= 0.6 is 0 Å². The zero-order valence-corrected chi connectivity index (χ0v) is 17.0. The molecule has 1 N–H and O–H groups in total. The van der Waals surface area contributed by atoms with Crippen molar-refractivity contribution in [2.24, 2.45) is 0 Å². The molecule has 1 amide bonds. The Morgan fingerprint density at radius 1 is 0.966 bits per heavy atom. The second-order valence-electron chi connectivity index (χ2n) is 7.12. The number of anilines is 1. The molecule has 0 fully saturated rings. The van der Waals surface area contributed by atoms with E-state index in [1.807, 2.05) is 69.3 Å². The number of nitrogens with zero attached hydrogens (tertiary/aromatic N) is 2. The summed E-state index contributed by atoms with van der Waals surface area (Å²) >= 11 is 0. The lowest BCUT2D eigenvalue weighted by Gasteiger charge is -2.13. The second kappa shape index (κ2) is 7.43. The van der Waals surface area contributed by atoms with Gasteiger partial charge in [-0.15, -0.1) is 0 Å². The van der Waals surface area contributed by atoms with Crippen LogP contribution in [0.5, 0.6) is 5.75 Å². The Kier molecular flexibility index (Phi) is 4.80. The summed E-state index contributed by atoms with van der Waals surface area (Å²) in [5.74, 6) is 1.51. The Labute approximate surface area is 170 Å². The lowest BCUT2D eigenvalue weighted by molar-refractivity contribution is 0.102. The molecule has 0 atom stereocenters. The SMILES string of the molecule is COc1cc(C)c(C(=O)Nc2ccc3c(c2)nc(C)n3-c2ccccc2)c(C)c1. The molecule has 0 bridgehead atoms. The van der Waals surface area contributed by atoms with Gasteiger partial charge in [0.2, 0.25) is 0 Å². The van der Waals surface area contributed by atoms with E-state index >= 15 is 0 Å². The van der Waals surface area contributed by atoms with Gasteiger partial charge in [-0.1, -0.05) is 18.2 Å². The Morgan fingerprint density at radius 2 is 1.66 bits per heavy atom. The first-order valence-corrected chi connectivity index (χ1v) is 9.49. The number of para-hydroxylation sites is 1. The van der Waals surface area contributed by atoms with E-state index in [1.165, 1.54) is 0 Å². The summed E-state index contributed by atoms with van der Waals surface area (Å²) in [7, 11) is 1.62. The van der Waals surface area contributed by atoms with Gasteiger partial charge in [0.25, 0.3) is 5.91 Å². The van der Waals surface area contributed by atoms with Gasteiger partial charge < -0.3 is 10.1 Å². The molecule has 0 saturated carbocycles. The Balaban J connectivity index is 1.67. The van der Waals surface area contributed by atoms with E-state index in [1.54, 1.807) is 7.11 Å². The molecule has 0 saturated heterocycles.